The van der Waals surface area contributed by atoms with Crippen molar-refractivity contribution in [3.63, 3.8) is 0 Å². The first-order chi connectivity index (χ1) is 16.8. The van der Waals surface area contributed by atoms with Crippen molar-refractivity contribution in [3.05, 3.63) is 81.6 Å². The molecule has 1 aromatic heterocycles. The summed E-state index contributed by atoms with van der Waals surface area (Å²) in [6.07, 6.45) is 0. The van der Waals surface area contributed by atoms with Crippen LogP contribution in [0.2, 0.25) is 0 Å². The number of anilines is 1. The minimum atomic E-state index is -3.85. The van der Waals surface area contributed by atoms with Crippen molar-refractivity contribution < 1.29 is 22.7 Å². The first-order valence-corrected chi connectivity index (χ1v) is 13.5. The molecule has 1 heterocycles. The summed E-state index contributed by atoms with van der Waals surface area (Å²) < 4.78 is 42.2. The maximum Gasteiger partial charge on any atom is 0.279 e. The molecule has 0 aliphatic rings. The van der Waals surface area contributed by atoms with Gasteiger partial charge in [0, 0.05) is 29.4 Å². The zero-order valence-corrected chi connectivity index (χ0v) is 22.1. The van der Waals surface area contributed by atoms with Gasteiger partial charge in [-0.05, 0) is 60.7 Å². The van der Waals surface area contributed by atoms with Crippen LogP contribution in [-0.2, 0) is 21.3 Å². The van der Waals surface area contributed by atoms with E-state index in [4.69, 9.17) is 9.47 Å². The van der Waals surface area contributed by atoms with Crippen molar-refractivity contribution in [3.8, 4) is 5.75 Å². The normalized spacial score (nSPS) is 12.1. The second-order valence-electron chi connectivity index (χ2n) is 7.42. The van der Waals surface area contributed by atoms with E-state index in [1.165, 1.54) is 36.6 Å². The number of carbonyl (C=O) groups is 1. The molecule has 1 amide bonds. The van der Waals surface area contributed by atoms with Crippen LogP contribution in [0.5, 0.6) is 5.75 Å². The highest BCUT2D eigenvalue weighted by atomic mass is 79.9. The summed E-state index contributed by atoms with van der Waals surface area (Å²) in [7, 11) is -0.723. The van der Waals surface area contributed by atoms with Crippen molar-refractivity contribution in [1.29, 1.82) is 0 Å². The van der Waals surface area contributed by atoms with Crippen molar-refractivity contribution in [2.24, 2.45) is 4.99 Å². The lowest BCUT2D eigenvalue weighted by Gasteiger charge is -2.09. The molecule has 0 spiro atoms. The fourth-order valence-corrected chi connectivity index (χ4v) is 6.02. The highest BCUT2D eigenvalue weighted by Gasteiger charge is 2.16. The van der Waals surface area contributed by atoms with Crippen LogP contribution in [0, 0.1) is 0 Å². The largest absolute Gasteiger partial charge is 0.497 e. The molecule has 0 radical (unpaired) electrons. The van der Waals surface area contributed by atoms with Crippen molar-refractivity contribution in [1.82, 2.24) is 4.57 Å². The fraction of sp³-hybridized carbons (Fsp3) is 0.167. The van der Waals surface area contributed by atoms with Gasteiger partial charge in [0.2, 0.25) is 0 Å². The highest BCUT2D eigenvalue weighted by molar-refractivity contribution is 9.10. The van der Waals surface area contributed by atoms with E-state index in [-0.39, 0.29) is 16.1 Å². The minimum Gasteiger partial charge on any atom is -0.497 e. The van der Waals surface area contributed by atoms with Gasteiger partial charge in [-0.15, -0.1) is 0 Å². The number of amides is 1. The van der Waals surface area contributed by atoms with Crippen LogP contribution in [0.1, 0.15) is 10.4 Å². The number of carbonyl (C=O) groups excluding carboxylic acids is 1. The Morgan fingerprint density at radius 1 is 1.09 bits per heavy atom. The number of thiazole rings is 1. The molecular formula is C24H22BrN3O5S2. The summed E-state index contributed by atoms with van der Waals surface area (Å²) >= 11 is 4.87. The van der Waals surface area contributed by atoms with E-state index in [9.17, 15) is 13.2 Å². The lowest BCUT2D eigenvalue weighted by Crippen LogP contribution is -2.19. The number of methoxy groups -OCH3 is 2. The number of ether oxygens (including phenoxy) is 2. The van der Waals surface area contributed by atoms with Gasteiger partial charge in [0.25, 0.3) is 15.9 Å². The van der Waals surface area contributed by atoms with Gasteiger partial charge < -0.3 is 14.0 Å². The monoisotopic (exact) mass is 575 g/mol. The maximum atomic E-state index is 13.0. The van der Waals surface area contributed by atoms with Gasteiger partial charge in [0.05, 0.1) is 28.8 Å². The topological polar surface area (TPSA) is 99.0 Å². The van der Waals surface area contributed by atoms with Crippen LogP contribution in [-0.4, -0.2) is 39.7 Å². The van der Waals surface area contributed by atoms with Crippen LogP contribution in [0.4, 0.5) is 5.69 Å². The van der Waals surface area contributed by atoms with Crippen molar-refractivity contribution in [2.75, 3.05) is 25.5 Å². The summed E-state index contributed by atoms with van der Waals surface area (Å²) in [5.74, 6) is 0.0711. The zero-order chi connectivity index (χ0) is 25.0. The Labute approximate surface area is 215 Å². The van der Waals surface area contributed by atoms with E-state index in [1.807, 2.05) is 22.8 Å². The number of sulfonamides is 1. The van der Waals surface area contributed by atoms with E-state index in [1.54, 1.807) is 37.4 Å². The Kier molecular flexibility index (Phi) is 7.70. The number of aromatic nitrogens is 1. The Hall–Kier alpha value is -2.99. The van der Waals surface area contributed by atoms with Gasteiger partial charge in [-0.2, -0.15) is 4.99 Å². The standard InChI is InChI=1S/C24H22BrN3O5S2/c1-32-13-12-28-21-11-6-17(25)15-22(21)34-24(28)26-23(29)16-4-3-5-18(14-16)27-35(30,31)20-9-7-19(33-2)8-10-20/h3-11,14-15,27H,12-13H2,1-2H3. The van der Waals surface area contributed by atoms with Gasteiger partial charge in [0.15, 0.2) is 4.80 Å². The quantitative estimate of drug-likeness (QED) is 0.329. The van der Waals surface area contributed by atoms with E-state index in [0.29, 0.717) is 23.7 Å². The van der Waals surface area contributed by atoms with Gasteiger partial charge in [-0.1, -0.05) is 33.3 Å². The average molecular weight is 576 g/mol. The third-order valence-corrected chi connectivity index (χ3v) is 8.02. The van der Waals surface area contributed by atoms with E-state index >= 15 is 0 Å². The lowest BCUT2D eigenvalue weighted by atomic mass is 10.2. The number of hydrogen-bond donors (Lipinski definition) is 1. The third kappa shape index (κ3) is 5.81. The molecule has 4 rings (SSSR count). The maximum absolute atomic E-state index is 13.0. The van der Waals surface area contributed by atoms with E-state index in [2.05, 4.69) is 25.6 Å². The molecule has 0 saturated carbocycles. The van der Waals surface area contributed by atoms with Crippen LogP contribution in [0.3, 0.4) is 0 Å². The second-order valence-corrected chi connectivity index (χ2v) is 11.0. The second kappa shape index (κ2) is 10.7. The number of halogens is 1. The number of nitrogens with zero attached hydrogens (tertiary/aromatic N) is 2. The number of fused-ring (bicyclic) bond motifs is 1. The minimum absolute atomic E-state index is 0.0790. The highest BCUT2D eigenvalue weighted by Crippen LogP contribution is 2.23. The molecule has 0 bridgehead atoms. The number of benzene rings is 3. The molecular weight excluding hydrogens is 554 g/mol. The molecule has 0 unspecified atom stereocenters. The summed E-state index contributed by atoms with van der Waals surface area (Å²) in [5.41, 5.74) is 1.47. The summed E-state index contributed by atoms with van der Waals surface area (Å²) in [6.45, 7) is 0.998. The van der Waals surface area contributed by atoms with Crippen LogP contribution >= 0.6 is 27.3 Å². The average Bonchev–Trinajstić information content (AvgIpc) is 3.18. The number of nitrogens with one attached hydrogen (secondary N) is 1. The SMILES string of the molecule is COCCn1c(=NC(=O)c2cccc(NS(=O)(=O)c3ccc(OC)cc3)c2)sc2cc(Br)ccc21. The molecule has 0 fully saturated rings. The molecule has 0 aliphatic heterocycles. The molecule has 11 heteroatoms. The third-order valence-electron chi connectivity index (χ3n) is 5.09. The van der Waals surface area contributed by atoms with E-state index in [0.717, 1.165) is 14.7 Å². The van der Waals surface area contributed by atoms with Gasteiger partial charge in [-0.25, -0.2) is 8.42 Å². The zero-order valence-electron chi connectivity index (χ0n) is 18.9. The summed E-state index contributed by atoms with van der Waals surface area (Å²) in [4.78, 5) is 18.0. The molecule has 0 aliphatic carbocycles. The Bertz CT molecular complexity index is 1540. The molecule has 4 aromatic rings. The van der Waals surface area contributed by atoms with Crippen LogP contribution in [0.15, 0.2) is 81.1 Å². The van der Waals surface area contributed by atoms with E-state index < -0.39 is 15.9 Å². The van der Waals surface area contributed by atoms with Gasteiger partial charge in [0.1, 0.15) is 5.75 Å². The lowest BCUT2D eigenvalue weighted by molar-refractivity contribution is 0.0997. The summed E-state index contributed by atoms with van der Waals surface area (Å²) in [6, 6.07) is 18.1. The Morgan fingerprint density at radius 3 is 2.57 bits per heavy atom. The first-order valence-electron chi connectivity index (χ1n) is 10.4. The summed E-state index contributed by atoms with van der Waals surface area (Å²) in [5, 5.41) is 0. The fourth-order valence-electron chi connectivity index (χ4n) is 3.37. The molecule has 35 heavy (non-hydrogen) atoms. The molecule has 1 N–H and O–H groups in total. The van der Waals surface area contributed by atoms with Crippen LogP contribution in [0.25, 0.3) is 10.2 Å². The predicted octanol–water partition coefficient (Wildman–Crippen LogP) is 4.66. The molecule has 0 saturated heterocycles. The number of hydrogen-bond acceptors (Lipinski definition) is 6. The number of rotatable bonds is 8. The molecule has 0 atom stereocenters. The van der Waals surface area contributed by atoms with Crippen LogP contribution < -0.4 is 14.3 Å². The first kappa shape index (κ1) is 25.1. The predicted molar refractivity (Wildman–Crippen MR) is 140 cm³/mol. The van der Waals surface area contributed by atoms with Gasteiger partial charge >= 0.3 is 0 Å². The molecule has 3 aromatic carbocycles. The Morgan fingerprint density at radius 2 is 1.86 bits per heavy atom. The molecule has 8 nitrogen and oxygen atoms in total. The van der Waals surface area contributed by atoms with Crippen molar-refractivity contribution >= 4 is 59.1 Å². The smallest absolute Gasteiger partial charge is 0.279 e. The van der Waals surface area contributed by atoms with Crippen molar-refractivity contribution in [2.45, 2.75) is 11.4 Å². The van der Waals surface area contributed by atoms with Gasteiger partial charge in [-0.3, -0.25) is 9.52 Å². The molecule has 182 valence electrons. The Balaban J connectivity index is 1.64.